The first-order valence-corrected chi connectivity index (χ1v) is 3.09. The third-order valence-corrected chi connectivity index (χ3v) is 0.334. The van der Waals surface area contributed by atoms with Crippen molar-refractivity contribution in [1.82, 2.24) is 0 Å². The van der Waals surface area contributed by atoms with Crippen LogP contribution in [0, 0.1) is 6.92 Å². The molecule has 0 saturated carbocycles. The van der Waals surface area contributed by atoms with Crippen LogP contribution in [0.15, 0.2) is 4.99 Å². The zero-order valence-corrected chi connectivity index (χ0v) is 9.88. The number of nitrogens with zero attached hydrogens (tertiary/aromatic N) is 1. The second-order valence-corrected chi connectivity index (χ2v) is 0.827. The summed E-state index contributed by atoms with van der Waals surface area (Å²) < 4.78 is 0. The Labute approximate surface area is 94.4 Å². The average Bonchev–Trinajstić information content (AvgIpc) is 2.24. The first-order valence-electron chi connectivity index (χ1n) is 3.09. The maximum atomic E-state index is 9.24. The Morgan fingerprint density at radius 1 is 1.15 bits per heavy atom. The van der Waals surface area contributed by atoms with Crippen LogP contribution in [0.5, 0.6) is 0 Å². The molecule has 0 aliphatic carbocycles. The van der Waals surface area contributed by atoms with Crippen LogP contribution >= 0.6 is 0 Å². The van der Waals surface area contributed by atoms with Crippen LogP contribution in [0.3, 0.4) is 0 Å². The molecule has 13 heavy (non-hydrogen) atoms. The maximum absolute atomic E-state index is 9.24. The van der Waals surface area contributed by atoms with Gasteiger partial charge in [-0.3, -0.25) is 0 Å². The summed E-state index contributed by atoms with van der Waals surface area (Å²) in [7, 11) is 3.00. The van der Waals surface area contributed by atoms with Gasteiger partial charge in [0.25, 0.3) is 0 Å². The molecule has 5 nitrogen and oxygen atoms in total. The van der Waals surface area contributed by atoms with Crippen LogP contribution in [0.4, 0.5) is 0 Å². The normalized spacial score (nSPS) is 4.54. The van der Waals surface area contributed by atoms with E-state index in [9.17, 15) is 4.79 Å². The van der Waals surface area contributed by atoms with E-state index < -0.39 is 0 Å². The van der Waals surface area contributed by atoms with Gasteiger partial charge in [-0.25, -0.2) is 9.79 Å². The van der Waals surface area contributed by atoms with Crippen LogP contribution in [0.2, 0.25) is 0 Å². The standard InChI is InChI=1S/C4H6NO.3CH4O.Ti/c1-2-3-5-4-6;3*1-2;/h1-3H2;3*2H,1H3;/q-1;;;;. The summed E-state index contributed by atoms with van der Waals surface area (Å²) in [6.07, 6.45) is 2.08. The maximum Gasteiger partial charge on any atom is 0.234 e. The van der Waals surface area contributed by atoms with E-state index in [1.807, 2.05) is 0 Å². The summed E-state index contributed by atoms with van der Waals surface area (Å²) in [5.74, 6) is 0. The molecule has 0 saturated heterocycles. The fourth-order valence-corrected chi connectivity index (χ4v) is 0.125. The van der Waals surface area contributed by atoms with Crippen molar-refractivity contribution in [2.45, 2.75) is 6.42 Å². The quantitative estimate of drug-likeness (QED) is 0.254. The second-order valence-electron chi connectivity index (χ2n) is 0.827. The predicted octanol–water partition coefficient (Wildman–Crippen LogP) is -0.631. The molecule has 3 N–H and O–H groups in total. The molecule has 80 valence electrons. The van der Waals surface area contributed by atoms with Gasteiger partial charge in [-0.1, -0.05) is 0 Å². The SMILES string of the molecule is CO.CO.CO.[CH2-]CCN=C=O.[Ti]. The first kappa shape index (κ1) is 29.3. The topological polar surface area (TPSA) is 90.1 Å². The minimum absolute atomic E-state index is 0. The van der Waals surface area contributed by atoms with Crippen molar-refractivity contribution in [3.63, 3.8) is 0 Å². The van der Waals surface area contributed by atoms with Gasteiger partial charge in [-0.05, 0) is 0 Å². The van der Waals surface area contributed by atoms with E-state index in [1.165, 1.54) is 6.08 Å². The Hall–Kier alpha value is -0.0257. The third kappa shape index (κ3) is 135. The number of aliphatic imine (C=N–C) groups is 1. The Bertz CT molecular complexity index is 76.9. The zero-order valence-electron chi connectivity index (χ0n) is 8.32. The Balaban J connectivity index is -0.0000000263. The van der Waals surface area contributed by atoms with E-state index in [-0.39, 0.29) is 21.7 Å². The second kappa shape index (κ2) is 91.3. The van der Waals surface area contributed by atoms with Crippen LogP contribution in [0.1, 0.15) is 6.42 Å². The smallest absolute Gasteiger partial charge is 0.234 e. The van der Waals surface area contributed by atoms with Gasteiger partial charge in [0, 0.05) is 49.6 Å². The summed E-state index contributed by atoms with van der Waals surface area (Å²) in [6, 6.07) is 0. The minimum atomic E-state index is 0. The van der Waals surface area contributed by atoms with E-state index in [4.69, 9.17) is 15.3 Å². The third-order valence-electron chi connectivity index (χ3n) is 0.334. The number of rotatable bonds is 2. The molecular weight excluding hydrogens is 210 g/mol. The molecule has 0 heterocycles. The molecule has 0 aliphatic heterocycles. The molecule has 0 spiro atoms. The number of isocyanates is 1. The summed E-state index contributed by atoms with van der Waals surface area (Å²) in [5.41, 5.74) is 0. The van der Waals surface area contributed by atoms with Crippen LogP contribution in [-0.2, 0) is 26.5 Å². The molecular formula is C7H18NO4Ti-. The van der Waals surface area contributed by atoms with Crippen molar-refractivity contribution in [3.8, 4) is 0 Å². The van der Waals surface area contributed by atoms with Gasteiger partial charge in [0.1, 0.15) is 0 Å². The van der Waals surface area contributed by atoms with Gasteiger partial charge >= 0.3 is 0 Å². The van der Waals surface area contributed by atoms with Crippen molar-refractivity contribution in [1.29, 1.82) is 0 Å². The molecule has 0 aromatic carbocycles. The Morgan fingerprint density at radius 2 is 1.46 bits per heavy atom. The molecule has 0 aliphatic rings. The fraction of sp³-hybridized carbons (Fsp3) is 0.714. The Morgan fingerprint density at radius 3 is 1.54 bits per heavy atom. The van der Waals surface area contributed by atoms with Crippen molar-refractivity contribution >= 4 is 6.08 Å². The summed E-state index contributed by atoms with van der Waals surface area (Å²) >= 11 is 0. The Kier molecular flexibility index (Phi) is 205. The van der Waals surface area contributed by atoms with Gasteiger partial charge in [0.05, 0.1) is 0 Å². The van der Waals surface area contributed by atoms with E-state index in [1.54, 1.807) is 0 Å². The molecule has 0 aromatic rings. The number of hydrogen-bond donors (Lipinski definition) is 3. The average molecular weight is 228 g/mol. The molecule has 0 radical (unpaired) electrons. The zero-order chi connectivity index (χ0) is 10.8. The molecule has 0 rings (SSSR count). The first-order chi connectivity index (χ1) is 5.91. The van der Waals surface area contributed by atoms with Crippen molar-refractivity contribution in [2.24, 2.45) is 4.99 Å². The predicted molar refractivity (Wildman–Crippen MR) is 47.4 cm³/mol. The van der Waals surface area contributed by atoms with Gasteiger partial charge in [-0.15, -0.1) is 0 Å². The monoisotopic (exact) mass is 228 g/mol. The molecule has 6 heteroatoms. The molecule has 0 amide bonds. The van der Waals surface area contributed by atoms with Crippen molar-refractivity contribution in [2.75, 3.05) is 27.9 Å². The summed E-state index contributed by atoms with van der Waals surface area (Å²) in [5, 5.41) is 21.0. The minimum Gasteiger partial charge on any atom is -0.400 e. The van der Waals surface area contributed by atoms with Crippen LogP contribution in [-0.4, -0.2) is 49.3 Å². The van der Waals surface area contributed by atoms with E-state index in [0.29, 0.717) is 13.0 Å². The van der Waals surface area contributed by atoms with Gasteiger partial charge < -0.3 is 22.2 Å². The molecule has 0 bridgehead atoms. The van der Waals surface area contributed by atoms with Crippen LogP contribution < -0.4 is 0 Å². The number of aliphatic hydroxyl groups excluding tert-OH is 3. The van der Waals surface area contributed by atoms with E-state index >= 15 is 0 Å². The van der Waals surface area contributed by atoms with E-state index in [2.05, 4.69) is 11.9 Å². The van der Waals surface area contributed by atoms with Gasteiger partial charge in [-0.2, -0.15) is 6.42 Å². The fourth-order valence-electron chi connectivity index (χ4n) is 0.125. The van der Waals surface area contributed by atoms with Gasteiger partial charge in [0.15, 0.2) is 0 Å². The van der Waals surface area contributed by atoms with E-state index in [0.717, 1.165) is 21.3 Å². The summed E-state index contributed by atoms with van der Waals surface area (Å²) in [6.45, 7) is 3.95. The number of aliphatic hydroxyl groups is 3. The van der Waals surface area contributed by atoms with Crippen molar-refractivity contribution in [3.05, 3.63) is 6.92 Å². The van der Waals surface area contributed by atoms with Crippen molar-refractivity contribution < 1.29 is 41.8 Å². The molecule has 0 aromatic heterocycles. The number of hydrogen-bond acceptors (Lipinski definition) is 5. The number of carbonyl (C=O) groups excluding carboxylic acids is 1. The molecule has 0 atom stereocenters. The largest absolute Gasteiger partial charge is 0.400 e. The summed E-state index contributed by atoms with van der Waals surface area (Å²) in [4.78, 5) is 12.5. The molecule has 0 unspecified atom stereocenters. The molecule has 0 fully saturated rings. The van der Waals surface area contributed by atoms with Crippen LogP contribution in [0.25, 0.3) is 0 Å². The van der Waals surface area contributed by atoms with Gasteiger partial charge in [0.2, 0.25) is 6.08 Å².